The zero-order valence-electron chi connectivity index (χ0n) is 12.5. The lowest BCUT2D eigenvalue weighted by Crippen LogP contribution is -2.27. The SMILES string of the molecule is CCN(CCCO)CCCC(=O)Nc1ccc(C#N)cc1. The van der Waals surface area contributed by atoms with E-state index in [0.29, 0.717) is 17.7 Å². The predicted octanol–water partition coefficient (Wildman–Crippen LogP) is 1.98. The Hall–Kier alpha value is -1.90. The molecule has 1 amide bonds. The van der Waals surface area contributed by atoms with Crippen LogP contribution in [0.4, 0.5) is 5.69 Å². The molecule has 1 aromatic rings. The monoisotopic (exact) mass is 289 g/mol. The van der Waals surface area contributed by atoms with E-state index in [1.54, 1.807) is 24.3 Å². The van der Waals surface area contributed by atoms with E-state index in [9.17, 15) is 4.79 Å². The molecule has 0 aliphatic heterocycles. The van der Waals surface area contributed by atoms with Crippen LogP contribution in [0, 0.1) is 11.3 Å². The Balaban J connectivity index is 2.28. The number of amides is 1. The smallest absolute Gasteiger partial charge is 0.224 e. The van der Waals surface area contributed by atoms with Crippen molar-refractivity contribution < 1.29 is 9.90 Å². The third-order valence-corrected chi connectivity index (χ3v) is 3.26. The van der Waals surface area contributed by atoms with Crippen LogP contribution in [0.3, 0.4) is 0 Å². The molecule has 114 valence electrons. The number of nitriles is 1. The molecule has 1 aromatic carbocycles. The maximum Gasteiger partial charge on any atom is 0.224 e. The summed E-state index contributed by atoms with van der Waals surface area (Å²) >= 11 is 0. The number of nitrogens with zero attached hydrogens (tertiary/aromatic N) is 2. The first-order valence-electron chi connectivity index (χ1n) is 7.32. The van der Waals surface area contributed by atoms with E-state index < -0.39 is 0 Å². The summed E-state index contributed by atoms with van der Waals surface area (Å²) in [6, 6.07) is 8.87. The maximum absolute atomic E-state index is 11.8. The fraction of sp³-hybridized carbons (Fsp3) is 0.500. The van der Waals surface area contributed by atoms with Crippen molar-refractivity contribution in [1.82, 2.24) is 4.90 Å². The maximum atomic E-state index is 11.8. The second-order valence-electron chi connectivity index (χ2n) is 4.85. The Bertz CT molecular complexity index is 465. The van der Waals surface area contributed by atoms with Gasteiger partial charge in [-0.25, -0.2) is 0 Å². The van der Waals surface area contributed by atoms with Crippen LogP contribution in [0.25, 0.3) is 0 Å². The third-order valence-electron chi connectivity index (χ3n) is 3.26. The average molecular weight is 289 g/mol. The number of carbonyl (C=O) groups excluding carboxylic acids is 1. The van der Waals surface area contributed by atoms with E-state index in [2.05, 4.69) is 17.1 Å². The normalized spacial score (nSPS) is 10.4. The average Bonchev–Trinajstić information content (AvgIpc) is 2.51. The summed E-state index contributed by atoms with van der Waals surface area (Å²) in [6.07, 6.45) is 2.03. The number of anilines is 1. The number of hydrogen-bond acceptors (Lipinski definition) is 4. The number of hydrogen-bond donors (Lipinski definition) is 2. The van der Waals surface area contributed by atoms with Gasteiger partial charge in [0.15, 0.2) is 0 Å². The van der Waals surface area contributed by atoms with Crippen molar-refractivity contribution in [3.63, 3.8) is 0 Å². The largest absolute Gasteiger partial charge is 0.396 e. The van der Waals surface area contributed by atoms with Gasteiger partial charge in [0.1, 0.15) is 0 Å². The highest BCUT2D eigenvalue weighted by molar-refractivity contribution is 5.90. The van der Waals surface area contributed by atoms with Gasteiger partial charge >= 0.3 is 0 Å². The molecule has 0 saturated carbocycles. The van der Waals surface area contributed by atoms with Crippen LogP contribution in [0.1, 0.15) is 31.7 Å². The summed E-state index contributed by atoms with van der Waals surface area (Å²) in [4.78, 5) is 14.0. The minimum atomic E-state index is -0.0158. The molecular formula is C16H23N3O2. The van der Waals surface area contributed by atoms with Gasteiger partial charge in [-0.2, -0.15) is 5.26 Å². The molecule has 1 rings (SSSR count). The quantitative estimate of drug-likeness (QED) is 0.729. The van der Waals surface area contributed by atoms with Crippen LogP contribution in [0.5, 0.6) is 0 Å². The number of nitrogens with one attached hydrogen (secondary N) is 1. The Kier molecular flexibility index (Phi) is 8.10. The summed E-state index contributed by atoms with van der Waals surface area (Å²) < 4.78 is 0. The fourth-order valence-corrected chi connectivity index (χ4v) is 2.04. The van der Waals surface area contributed by atoms with Gasteiger partial charge in [-0.15, -0.1) is 0 Å². The summed E-state index contributed by atoms with van der Waals surface area (Å²) in [5, 5.41) is 20.3. The van der Waals surface area contributed by atoms with Crippen molar-refractivity contribution in [1.29, 1.82) is 5.26 Å². The van der Waals surface area contributed by atoms with Crippen LogP contribution in [-0.4, -0.2) is 42.2 Å². The summed E-state index contributed by atoms with van der Waals surface area (Å²) in [7, 11) is 0. The zero-order chi connectivity index (χ0) is 15.5. The lowest BCUT2D eigenvalue weighted by Gasteiger charge is -2.19. The van der Waals surface area contributed by atoms with Crippen LogP contribution in [0.15, 0.2) is 24.3 Å². The van der Waals surface area contributed by atoms with Gasteiger partial charge < -0.3 is 15.3 Å². The highest BCUT2D eigenvalue weighted by atomic mass is 16.3. The fourth-order valence-electron chi connectivity index (χ4n) is 2.04. The molecule has 0 saturated heterocycles. The topological polar surface area (TPSA) is 76.4 Å². The van der Waals surface area contributed by atoms with Crippen LogP contribution < -0.4 is 5.32 Å². The summed E-state index contributed by atoms with van der Waals surface area (Å²) in [5.74, 6) is -0.0158. The number of aliphatic hydroxyl groups is 1. The molecule has 21 heavy (non-hydrogen) atoms. The molecule has 0 bridgehead atoms. The molecule has 0 aromatic heterocycles. The van der Waals surface area contributed by atoms with Gasteiger partial charge in [-0.05, 0) is 50.2 Å². The highest BCUT2D eigenvalue weighted by Crippen LogP contribution is 2.09. The van der Waals surface area contributed by atoms with Crippen molar-refractivity contribution in [2.75, 3.05) is 31.6 Å². The second kappa shape index (κ2) is 9.92. The lowest BCUT2D eigenvalue weighted by molar-refractivity contribution is -0.116. The first kappa shape index (κ1) is 17.2. The van der Waals surface area contributed by atoms with E-state index >= 15 is 0 Å². The van der Waals surface area contributed by atoms with Crippen molar-refractivity contribution in [2.45, 2.75) is 26.2 Å². The molecule has 5 heteroatoms. The van der Waals surface area contributed by atoms with Gasteiger partial charge in [0.05, 0.1) is 11.6 Å². The molecule has 0 spiro atoms. The van der Waals surface area contributed by atoms with Crippen molar-refractivity contribution >= 4 is 11.6 Å². The van der Waals surface area contributed by atoms with Gasteiger partial charge in [-0.3, -0.25) is 4.79 Å². The van der Waals surface area contributed by atoms with Crippen molar-refractivity contribution in [3.8, 4) is 6.07 Å². The van der Waals surface area contributed by atoms with E-state index in [0.717, 1.165) is 32.5 Å². The van der Waals surface area contributed by atoms with Crippen LogP contribution in [0.2, 0.25) is 0 Å². The minimum absolute atomic E-state index is 0.0158. The lowest BCUT2D eigenvalue weighted by atomic mass is 10.2. The molecule has 0 aliphatic rings. The number of rotatable bonds is 9. The number of aliphatic hydroxyl groups excluding tert-OH is 1. The van der Waals surface area contributed by atoms with Crippen LogP contribution >= 0.6 is 0 Å². The Labute approximate surface area is 126 Å². The Morgan fingerprint density at radius 2 is 1.95 bits per heavy atom. The van der Waals surface area contributed by atoms with Gasteiger partial charge in [0.2, 0.25) is 5.91 Å². The summed E-state index contributed by atoms with van der Waals surface area (Å²) in [6.45, 7) is 4.93. The van der Waals surface area contributed by atoms with Crippen LogP contribution in [-0.2, 0) is 4.79 Å². The van der Waals surface area contributed by atoms with E-state index in [4.69, 9.17) is 10.4 Å². The molecule has 0 aliphatic carbocycles. The molecule has 0 atom stereocenters. The second-order valence-corrected chi connectivity index (χ2v) is 4.85. The predicted molar refractivity (Wildman–Crippen MR) is 82.8 cm³/mol. The number of benzene rings is 1. The third kappa shape index (κ3) is 6.89. The van der Waals surface area contributed by atoms with E-state index in [1.165, 1.54) is 0 Å². The molecule has 2 N–H and O–H groups in total. The summed E-state index contributed by atoms with van der Waals surface area (Å²) in [5.41, 5.74) is 1.29. The molecular weight excluding hydrogens is 266 g/mol. The van der Waals surface area contributed by atoms with E-state index in [-0.39, 0.29) is 12.5 Å². The van der Waals surface area contributed by atoms with Gasteiger partial charge in [0, 0.05) is 25.3 Å². The standard InChI is InChI=1S/C16H23N3O2/c1-2-19(11-4-12-20)10-3-5-16(21)18-15-8-6-14(13-17)7-9-15/h6-9,20H,2-5,10-12H2,1H3,(H,18,21). The molecule has 0 fully saturated rings. The minimum Gasteiger partial charge on any atom is -0.396 e. The van der Waals surface area contributed by atoms with Gasteiger partial charge in [-0.1, -0.05) is 6.92 Å². The van der Waals surface area contributed by atoms with Gasteiger partial charge in [0.25, 0.3) is 0 Å². The molecule has 0 unspecified atom stereocenters. The molecule has 0 radical (unpaired) electrons. The Morgan fingerprint density at radius 1 is 1.29 bits per heavy atom. The zero-order valence-corrected chi connectivity index (χ0v) is 12.5. The highest BCUT2D eigenvalue weighted by Gasteiger charge is 2.05. The first-order valence-corrected chi connectivity index (χ1v) is 7.32. The van der Waals surface area contributed by atoms with Crippen molar-refractivity contribution in [3.05, 3.63) is 29.8 Å². The van der Waals surface area contributed by atoms with E-state index in [1.807, 2.05) is 6.07 Å². The Morgan fingerprint density at radius 3 is 2.52 bits per heavy atom. The molecule has 5 nitrogen and oxygen atoms in total. The number of carbonyl (C=O) groups is 1. The van der Waals surface area contributed by atoms with Crippen molar-refractivity contribution in [2.24, 2.45) is 0 Å². The first-order chi connectivity index (χ1) is 10.2. The molecule has 0 heterocycles.